The Bertz CT molecular complexity index is 725. The van der Waals surface area contributed by atoms with E-state index in [2.05, 4.69) is 15.3 Å². The van der Waals surface area contributed by atoms with Crippen molar-refractivity contribution in [3.05, 3.63) is 40.4 Å². The van der Waals surface area contributed by atoms with E-state index in [4.69, 9.17) is 0 Å². The number of nitrogens with one attached hydrogen (secondary N) is 2. The Balaban J connectivity index is 0.00000192. The highest BCUT2D eigenvalue weighted by molar-refractivity contribution is 5.85. The second kappa shape index (κ2) is 8.08. The van der Waals surface area contributed by atoms with Crippen molar-refractivity contribution >= 4 is 29.2 Å². The van der Waals surface area contributed by atoms with Gasteiger partial charge in [0.05, 0.1) is 10.9 Å². The fourth-order valence-electron chi connectivity index (χ4n) is 2.73. The van der Waals surface area contributed by atoms with Gasteiger partial charge in [-0.15, -0.1) is 12.4 Å². The lowest BCUT2D eigenvalue weighted by Gasteiger charge is -2.27. The van der Waals surface area contributed by atoms with E-state index in [9.17, 15) is 9.59 Å². The molecule has 7 heteroatoms. The minimum Gasteiger partial charge on any atom is -0.340 e. The lowest BCUT2D eigenvalue weighted by atomic mass is 10.2. The van der Waals surface area contributed by atoms with Gasteiger partial charge in [0, 0.05) is 39.0 Å². The first-order chi connectivity index (χ1) is 10.7. The van der Waals surface area contributed by atoms with E-state index in [1.54, 1.807) is 6.07 Å². The molecule has 1 aromatic heterocycles. The average molecular weight is 337 g/mol. The van der Waals surface area contributed by atoms with Crippen LogP contribution in [0, 0.1) is 0 Å². The third kappa shape index (κ3) is 4.30. The second-order valence-electron chi connectivity index (χ2n) is 5.51. The quantitative estimate of drug-likeness (QED) is 0.876. The molecule has 1 aliphatic rings. The largest absolute Gasteiger partial charge is 0.340 e. The van der Waals surface area contributed by atoms with Crippen LogP contribution in [0.4, 0.5) is 0 Å². The maximum Gasteiger partial charge on any atom is 0.258 e. The van der Waals surface area contributed by atoms with Crippen LogP contribution in [0.2, 0.25) is 0 Å². The molecule has 1 saturated heterocycles. The highest BCUT2D eigenvalue weighted by atomic mass is 35.5. The van der Waals surface area contributed by atoms with Crippen LogP contribution in [0.15, 0.2) is 29.1 Å². The first-order valence-corrected chi connectivity index (χ1v) is 7.70. The molecule has 2 N–H and O–H groups in total. The van der Waals surface area contributed by atoms with E-state index < -0.39 is 0 Å². The predicted molar refractivity (Wildman–Crippen MR) is 92.0 cm³/mol. The standard InChI is InChI=1S/C16H20N4O2.ClH/c21-15(20-10-8-17-9-11-20)7-3-6-14-18-13-5-2-1-4-12(13)16(22)19-14;/h1-2,4-5,17H,3,6-11H2,(H,18,19,22);1H. The van der Waals surface area contributed by atoms with Crippen molar-refractivity contribution in [3.63, 3.8) is 0 Å². The highest BCUT2D eigenvalue weighted by Gasteiger charge is 2.15. The zero-order valence-electron chi connectivity index (χ0n) is 12.9. The molecule has 0 spiro atoms. The number of nitrogens with zero attached hydrogens (tertiary/aromatic N) is 2. The summed E-state index contributed by atoms with van der Waals surface area (Å²) in [7, 11) is 0. The molecular weight excluding hydrogens is 316 g/mol. The minimum absolute atomic E-state index is 0. The summed E-state index contributed by atoms with van der Waals surface area (Å²) < 4.78 is 0. The van der Waals surface area contributed by atoms with Gasteiger partial charge in [0.25, 0.3) is 5.56 Å². The van der Waals surface area contributed by atoms with E-state index in [1.165, 1.54) is 0 Å². The normalized spacial score (nSPS) is 14.5. The van der Waals surface area contributed by atoms with Gasteiger partial charge in [-0.05, 0) is 18.6 Å². The van der Waals surface area contributed by atoms with E-state index in [0.29, 0.717) is 36.0 Å². The van der Waals surface area contributed by atoms with Gasteiger partial charge in [-0.1, -0.05) is 12.1 Å². The molecule has 124 valence electrons. The number of aromatic amines is 1. The third-order valence-corrected chi connectivity index (χ3v) is 3.94. The number of fused-ring (bicyclic) bond motifs is 1. The number of rotatable bonds is 4. The van der Waals surface area contributed by atoms with Crippen molar-refractivity contribution < 1.29 is 4.79 Å². The van der Waals surface area contributed by atoms with Gasteiger partial charge in [-0.3, -0.25) is 9.59 Å². The summed E-state index contributed by atoms with van der Waals surface area (Å²) in [5, 5.41) is 3.83. The average Bonchev–Trinajstić information content (AvgIpc) is 2.56. The Hall–Kier alpha value is -1.92. The van der Waals surface area contributed by atoms with Crippen LogP contribution in [0.5, 0.6) is 0 Å². The van der Waals surface area contributed by atoms with Crippen LogP contribution < -0.4 is 10.9 Å². The molecule has 1 aliphatic heterocycles. The summed E-state index contributed by atoms with van der Waals surface area (Å²) in [6, 6.07) is 7.29. The first kappa shape index (κ1) is 17.4. The third-order valence-electron chi connectivity index (χ3n) is 3.94. The first-order valence-electron chi connectivity index (χ1n) is 7.70. The molecule has 1 aromatic carbocycles. The zero-order valence-corrected chi connectivity index (χ0v) is 13.7. The van der Waals surface area contributed by atoms with Gasteiger partial charge in [0.15, 0.2) is 0 Å². The Morgan fingerprint density at radius 3 is 2.74 bits per heavy atom. The van der Waals surface area contributed by atoms with E-state index >= 15 is 0 Å². The highest BCUT2D eigenvalue weighted by Crippen LogP contribution is 2.08. The summed E-state index contributed by atoms with van der Waals surface area (Å²) in [6.07, 6.45) is 1.80. The summed E-state index contributed by atoms with van der Waals surface area (Å²) in [6.45, 7) is 3.30. The van der Waals surface area contributed by atoms with Crippen molar-refractivity contribution in [3.8, 4) is 0 Å². The van der Waals surface area contributed by atoms with Crippen molar-refractivity contribution in [1.82, 2.24) is 20.2 Å². The number of benzene rings is 1. The van der Waals surface area contributed by atoms with Crippen molar-refractivity contribution in [1.29, 1.82) is 0 Å². The second-order valence-corrected chi connectivity index (χ2v) is 5.51. The number of carbonyl (C=O) groups excluding carboxylic acids is 1. The number of hydrogen-bond donors (Lipinski definition) is 2. The molecule has 0 bridgehead atoms. The number of para-hydroxylation sites is 1. The van der Waals surface area contributed by atoms with E-state index in [0.717, 1.165) is 26.2 Å². The van der Waals surface area contributed by atoms with Crippen LogP contribution in [0.25, 0.3) is 10.9 Å². The molecule has 23 heavy (non-hydrogen) atoms. The number of H-pyrrole nitrogens is 1. The number of hydrogen-bond acceptors (Lipinski definition) is 4. The topological polar surface area (TPSA) is 78.1 Å². The molecule has 0 radical (unpaired) electrons. The van der Waals surface area contributed by atoms with Crippen LogP contribution in [0.1, 0.15) is 18.7 Å². The molecule has 1 amide bonds. The van der Waals surface area contributed by atoms with Gasteiger partial charge < -0.3 is 15.2 Å². The van der Waals surface area contributed by atoms with E-state index in [1.807, 2.05) is 23.1 Å². The van der Waals surface area contributed by atoms with Crippen LogP contribution in [-0.4, -0.2) is 47.0 Å². The predicted octanol–water partition coefficient (Wildman–Crippen LogP) is 1.10. The Morgan fingerprint density at radius 1 is 1.22 bits per heavy atom. The molecule has 2 aromatic rings. The Labute approximate surface area is 140 Å². The maximum absolute atomic E-state index is 12.1. The number of amides is 1. The molecule has 0 atom stereocenters. The van der Waals surface area contributed by atoms with Crippen LogP contribution in [0.3, 0.4) is 0 Å². The van der Waals surface area contributed by atoms with Gasteiger partial charge in [0.2, 0.25) is 5.91 Å². The number of piperazine rings is 1. The molecule has 0 aliphatic carbocycles. The molecule has 6 nitrogen and oxygen atoms in total. The fourth-order valence-corrected chi connectivity index (χ4v) is 2.73. The zero-order chi connectivity index (χ0) is 15.4. The monoisotopic (exact) mass is 336 g/mol. The summed E-state index contributed by atoms with van der Waals surface area (Å²) in [5.41, 5.74) is 0.587. The lowest BCUT2D eigenvalue weighted by molar-refractivity contribution is -0.131. The van der Waals surface area contributed by atoms with E-state index in [-0.39, 0.29) is 23.9 Å². The lowest BCUT2D eigenvalue weighted by Crippen LogP contribution is -2.46. The molecule has 2 heterocycles. The smallest absolute Gasteiger partial charge is 0.258 e. The fraction of sp³-hybridized carbons (Fsp3) is 0.438. The SMILES string of the molecule is Cl.O=C(CCCc1nc2ccccc2c(=O)[nH]1)N1CCNCC1. The van der Waals surface area contributed by atoms with Gasteiger partial charge in [-0.25, -0.2) is 4.98 Å². The molecule has 1 fully saturated rings. The van der Waals surface area contributed by atoms with Crippen LogP contribution >= 0.6 is 12.4 Å². The Morgan fingerprint density at radius 2 is 1.96 bits per heavy atom. The molecule has 3 rings (SSSR count). The minimum atomic E-state index is -0.117. The summed E-state index contributed by atoms with van der Waals surface area (Å²) >= 11 is 0. The van der Waals surface area contributed by atoms with Crippen molar-refractivity contribution in [2.45, 2.75) is 19.3 Å². The van der Waals surface area contributed by atoms with Crippen LogP contribution in [-0.2, 0) is 11.2 Å². The molecule has 0 saturated carbocycles. The Kier molecular flexibility index (Phi) is 6.12. The molecular formula is C16H21ClN4O2. The number of halogens is 1. The van der Waals surface area contributed by atoms with Crippen molar-refractivity contribution in [2.75, 3.05) is 26.2 Å². The number of carbonyl (C=O) groups is 1. The summed E-state index contributed by atoms with van der Waals surface area (Å²) in [5.74, 6) is 0.835. The van der Waals surface area contributed by atoms with Gasteiger partial charge in [0.1, 0.15) is 5.82 Å². The number of aromatic nitrogens is 2. The number of aryl methyl sites for hydroxylation is 1. The van der Waals surface area contributed by atoms with Gasteiger partial charge >= 0.3 is 0 Å². The maximum atomic E-state index is 12.1. The summed E-state index contributed by atoms with van der Waals surface area (Å²) in [4.78, 5) is 33.2. The van der Waals surface area contributed by atoms with Crippen molar-refractivity contribution in [2.24, 2.45) is 0 Å². The molecule has 0 unspecified atom stereocenters. The van der Waals surface area contributed by atoms with Gasteiger partial charge in [-0.2, -0.15) is 0 Å².